The lowest BCUT2D eigenvalue weighted by Gasteiger charge is -2.16. The van der Waals surface area contributed by atoms with E-state index in [1.807, 2.05) is 0 Å². The number of ether oxygens (including phenoxy) is 1. The van der Waals surface area contributed by atoms with Gasteiger partial charge in [0.25, 0.3) is 17.7 Å². The Labute approximate surface area is 183 Å². The SMILES string of the molecule is COc1ccccc1N1C(=O)c2ccc(C(=O)Nc3cc(C(=O)[O-])ccc3C)cc2C1=O. The van der Waals surface area contributed by atoms with Gasteiger partial charge in [-0.05, 0) is 54.4 Å². The van der Waals surface area contributed by atoms with Crippen molar-refractivity contribution in [2.45, 2.75) is 6.92 Å². The summed E-state index contributed by atoms with van der Waals surface area (Å²) in [4.78, 5) is 50.8. The van der Waals surface area contributed by atoms with Crippen LogP contribution in [0.5, 0.6) is 5.75 Å². The number of fused-ring (bicyclic) bond motifs is 1. The van der Waals surface area contributed by atoms with Gasteiger partial charge < -0.3 is 20.0 Å². The Morgan fingerprint density at radius 2 is 1.59 bits per heavy atom. The third-order valence-corrected chi connectivity index (χ3v) is 5.20. The van der Waals surface area contributed by atoms with Crippen molar-refractivity contribution in [3.63, 3.8) is 0 Å². The number of anilines is 2. The Balaban J connectivity index is 1.65. The molecule has 8 heteroatoms. The number of rotatable bonds is 5. The quantitative estimate of drug-likeness (QED) is 0.623. The fourth-order valence-corrected chi connectivity index (χ4v) is 3.49. The Morgan fingerprint density at radius 3 is 2.31 bits per heavy atom. The summed E-state index contributed by atoms with van der Waals surface area (Å²) >= 11 is 0. The maximum atomic E-state index is 13.0. The summed E-state index contributed by atoms with van der Waals surface area (Å²) in [5.74, 6) is -2.64. The number of aryl methyl sites for hydroxylation is 1. The molecular formula is C24H17N2O6-. The van der Waals surface area contributed by atoms with Crippen LogP contribution in [0.3, 0.4) is 0 Å². The summed E-state index contributed by atoms with van der Waals surface area (Å²) in [7, 11) is 1.44. The van der Waals surface area contributed by atoms with Crippen molar-refractivity contribution < 1.29 is 29.0 Å². The highest BCUT2D eigenvalue weighted by Crippen LogP contribution is 2.35. The second-order valence-corrected chi connectivity index (χ2v) is 7.15. The second-order valence-electron chi connectivity index (χ2n) is 7.15. The third-order valence-electron chi connectivity index (χ3n) is 5.20. The molecular weight excluding hydrogens is 412 g/mol. The van der Waals surface area contributed by atoms with Gasteiger partial charge in [-0.3, -0.25) is 14.4 Å². The monoisotopic (exact) mass is 429 g/mol. The van der Waals surface area contributed by atoms with E-state index in [0.29, 0.717) is 22.7 Å². The molecule has 3 amide bonds. The van der Waals surface area contributed by atoms with Crippen molar-refractivity contribution in [2.24, 2.45) is 0 Å². The maximum absolute atomic E-state index is 13.0. The van der Waals surface area contributed by atoms with Gasteiger partial charge in [0, 0.05) is 11.3 Å². The van der Waals surface area contributed by atoms with Gasteiger partial charge in [0.15, 0.2) is 0 Å². The molecule has 32 heavy (non-hydrogen) atoms. The number of aromatic carboxylic acids is 1. The topological polar surface area (TPSA) is 116 Å². The molecule has 0 unspecified atom stereocenters. The number of amides is 3. The number of nitrogens with one attached hydrogen (secondary N) is 1. The van der Waals surface area contributed by atoms with Gasteiger partial charge in [-0.15, -0.1) is 0 Å². The largest absolute Gasteiger partial charge is 0.545 e. The fraction of sp³-hybridized carbons (Fsp3) is 0.0833. The number of benzene rings is 3. The second kappa shape index (κ2) is 7.99. The molecule has 0 saturated carbocycles. The van der Waals surface area contributed by atoms with Crippen LogP contribution >= 0.6 is 0 Å². The molecule has 0 radical (unpaired) electrons. The van der Waals surface area contributed by atoms with Crippen LogP contribution in [0.1, 0.15) is 47.0 Å². The summed E-state index contributed by atoms with van der Waals surface area (Å²) in [5, 5.41) is 13.7. The average Bonchev–Trinajstić information content (AvgIpc) is 3.04. The summed E-state index contributed by atoms with van der Waals surface area (Å²) in [6.45, 7) is 1.71. The molecule has 0 saturated heterocycles. The number of carbonyl (C=O) groups excluding carboxylic acids is 4. The number of carbonyl (C=O) groups is 4. The van der Waals surface area contributed by atoms with Crippen molar-refractivity contribution in [2.75, 3.05) is 17.3 Å². The fourth-order valence-electron chi connectivity index (χ4n) is 3.49. The molecule has 0 aliphatic carbocycles. The molecule has 0 fully saturated rings. The van der Waals surface area contributed by atoms with Gasteiger partial charge in [0.1, 0.15) is 5.75 Å². The zero-order chi connectivity index (χ0) is 23.0. The van der Waals surface area contributed by atoms with Crippen LogP contribution in [-0.2, 0) is 0 Å². The molecule has 3 aromatic carbocycles. The number of hydrogen-bond donors (Lipinski definition) is 1. The Hall–Kier alpha value is -4.46. The molecule has 8 nitrogen and oxygen atoms in total. The van der Waals surface area contributed by atoms with Crippen molar-refractivity contribution in [3.05, 3.63) is 88.5 Å². The van der Waals surface area contributed by atoms with Gasteiger partial charge in [0.2, 0.25) is 0 Å². The molecule has 160 valence electrons. The highest BCUT2D eigenvalue weighted by Gasteiger charge is 2.38. The number of carboxylic acids is 1. The Kier molecular flexibility index (Phi) is 5.19. The summed E-state index contributed by atoms with van der Waals surface area (Å²) in [6.07, 6.45) is 0. The zero-order valence-electron chi connectivity index (χ0n) is 17.2. The number of imide groups is 1. The highest BCUT2D eigenvalue weighted by atomic mass is 16.5. The molecule has 0 spiro atoms. The Bertz CT molecular complexity index is 1300. The molecule has 0 atom stereocenters. The standard InChI is InChI=1S/C24H18N2O6/c1-13-7-8-15(24(30)31)12-18(13)25-21(27)14-9-10-16-17(11-14)23(29)26(22(16)28)19-5-3-4-6-20(19)32-2/h3-12H,1-2H3,(H,25,27)(H,30,31)/p-1. The summed E-state index contributed by atoms with van der Waals surface area (Å²) in [5.41, 5.74) is 1.59. The third kappa shape index (κ3) is 3.47. The van der Waals surface area contributed by atoms with Gasteiger partial charge in [-0.1, -0.05) is 24.3 Å². The molecule has 1 aliphatic rings. The lowest BCUT2D eigenvalue weighted by Crippen LogP contribution is -2.29. The number of methoxy groups -OCH3 is 1. The predicted octanol–water partition coefficient (Wildman–Crippen LogP) is 2.42. The molecule has 1 heterocycles. The number of para-hydroxylation sites is 2. The van der Waals surface area contributed by atoms with E-state index in [1.54, 1.807) is 37.3 Å². The van der Waals surface area contributed by atoms with Gasteiger partial charge in [0.05, 0.1) is 29.9 Å². The average molecular weight is 429 g/mol. The van der Waals surface area contributed by atoms with Crippen molar-refractivity contribution in [1.29, 1.82) is 0 Å². The summed E-state index contributed by atoms with van der Waals surface area (Å²) < 4.78 is 5.26. The molecule has 3 aromatic rings. The first-order valence-electron chi connectivity index (χ1n) is 9.61. The molecule has 1 aliphatic heterocycles. The van der Waals surface area contributed by atoms with E-state index in [0.717, 1.165) is 4.90 Å². The van der Waals surface area contributed by atoms with E-state index in [4.69, 9.17) is 4.74 Å². The van der Waals surface area contributed by atoms with Crippen LogP contribution in [0.2, 0.25) is 0 Å². The van der Waals surface area contributed by atoms with Crippen molar-refractivity contribution in [1.82, 2.24) is 0 Å². The first kappa shape index (κ1) is 20.8. The van der Waals surface area contributed by atoms with Crippen LogP contribution < -0.4 is 20.1 Å². The lowest BCUT2D eigenvalue weighted by atomic mass is 10.0. The van der Waals surface area contributed by atoms with Crippen LogP contribution in [-0.4, -0.2) is 30.8 Å². The number of nitrogens with zero attached hydrogens (tertiary/aromatic N) is 1. The van der Waals surface area contributed by atoms with Gasteiger partial charge >= 0.3 is 0 Å². The van der Waals surface area contributed by atoms with Crippen molar-refractivity contribution >= 4 is 35.1 Å². The highest BCUT2D eigenvalue weighted by molar-refractivity contribution is 6.35. The van der Waals surface area contributed by atoms with Crippen LogP contribution in [0.4, 0.5) is 11.4 Å². The van der Waals surface area contributed by atoms with Crippen molar-refractivity contribution in [3.8, 4) is 5.75 Å². The minimum absolute atomic E-state index is 0.0759. The zero-order valence-corrected chi connectivity index (χ0v) is 17.2. The Morgan fingerprint density at radius 1 is 0.906 bits per heavy atom. The number of hydrogen-bond acceptors (Lipinski definition) is 6. The lowest BCUT2D eigenvalue weighted by molar-refractivity contribution is -0.255. The molecule has 0 bridgehead atoms. The van der Waals surface area contributed by atoms with Crippen LogP contribution in [0.25, 0.3) is 0 Å². The first-order chi connectivity index (χ1) is 15.3. The minimum atomic E-state index is -1.36. The first-order valence-corrected chi connectivity index (χ1v) is 9.61. The number of carboxylic acid groups (broad SMARTS) is 1. The maximum Gasteiger partial charge on any atom is 0.266 e. The molecule has 0 aromatic heterocycles. The van der Waals surface area contributed by atoms with E-state index in [-0.39, 0.29) is 22.3 Å². The van der Waals surface area contributed by atoms with E-state index in [1.165, 1.54) is 37.4 Å². The van der Waals surface area contributed by atoms with E-state index in [2.05, 4.69) is 5.32 Å². The van der Waals surface area contributed by atoms with Crippen LogP contribution in [0.15, 0.2) is 60.7 Å². The van der Waals surface area contributed by atoms with E-state index < -0.39 is 23.7 Å². The smallest absolute Gasteiger partial charge is 0.266 e. The van der Waals surface area contributed by atoms with Gasteiger partial charge in [-0.2, -0.15) is 0 Å². The minimum Gasteiger partial charge on any atom is -0.545 e. The van der Waals surface area contributed by atoms with E-state index >= 15 is 0 Å². The summed E-state index contributed by atoms with van der Waals surface area (Å²) in [6, 6.07) is 15.1. The van der Waals surface area contributed by atoms with Gasteiger partial charge in [-0.25, -0.2) is 4.90 Å². The molecule has 1 N–H and O–H groups in total. The predicted molar refractivity (Wildman–Crippen MR) is 114 cm³/mol. The van der Waals surface area contributed by atoms with E-state index in [9.17, 15) is 24.3 Å². The van der Waals surface area contributed by atoms with Crippen LogP contribution in [0, 0.1) is 6.92 Å². The molecule has 4 rings (SSSR count). The normalized spacial score (nSPS) is 12.5.